The van der Waals surface area contributed by atoms with E-state index in [1.54, 1.807) is 28.4 Å². The van der Waals surface area contributed by atoms with E-state index in [1.165, 1.54) is 5.56 Å². The van der Waals surface area contributed by atoms with Crippen molar-refractivity contribution in [2.75, 3.05) is 10.7 Å². The van der Waals surface area contributed by atoms with Crippen LogP contribution in [0.3, 0.4) is 0 Å². The minimum atomic E-state index is 0.0480. The average molecular weight is 398 g/mol. The number of halogens is 1. The van der Waals surface area contributed by atoms with Gasteiger partial charge in [0.2, 0.25) is 5.91 Å². The van der Waals surface area contributed by atoms with Crippen molar-refractivity contribution in [1.82, 2.24) is 0 Å². The van der Waals surface area contributed by atoms with Crippen molar-refractivity contribution in [3.63, 3.8) is 0 Å². The molecule has 0 aliphatic carbocycles. The second kappa shape index (κ2) is 7.39. The van der Waals surface area contributed by atoms with Crippen LogP contribution in [0.25, 0.3) is 0 Å². The zero-order chi connectivity index (χ0) is 18.1. The van der Waals surface area contributed by atoms with E-state index in [9.17, 15) is 4.79 Å². The van der Waals surface area contributed by atoms with Crippen LogP contribution in [0.5, 0.6) is 0 Å². The molecular weight excluding hydrogens is 382 g/mol. The fourth-order valence-corrected chi connectivity index (χ4v) is 4.79. The van der Waals surface area contributed by atoms with Crippen LogP contribution in [0.2, 0.25) is 5.02 Å². The number of nitrogens with zero attached hydrogens (tertiary/aromatic N) is 1. The van der Waals surface area contributed by atoms with Gasteiger partial charge in [-0.15, -0.1) is 11.8 Å². The summed E-state index contributed by atoms with van der Waals surface area (Å²) in [7, 11) is 0. The fraction of sp³-hybridized carbons (Fsp3) is 0.0952. The number of para-hydroxylation sites is 1. The van der Waals surface area contributed by atoms with Crippen molar-refractivity contribution < 1.29 is 4.79 Å². The lowest BCUT2D eigenvalue weighted by molar-refractivity contribution is -0.115. The molecule has 0 N–H and O–H groups in total. The van der Waals surface area contributed by atoms with E-state index in [0.29, 0.717) is 10.8 Å². The summed E-state index contributed by atoms with van der Waals surface area (Å²) in [5, 5.41) is 0.632. The van der Waals surface area contributed by atoms with Gasteiger partial charge in [-0.1, -0.05) is 53.2 Å². The zero-order valence-corrected chi connectivity index (χ0v) is 16.5. The van der Waals surface area contributed by atoms with E-state index in [1.807, 2.05) is 42.5 Å². The Morgan fingerprint density at radius 2 is 1.73 bits per heavy atom. The molecule has 5 heteroatoms. The molecule has 1 aliphatic rings. The van der Waals surface area contributed by atoms with E-state index in [0.717, 1.165) is 26.1 Å². The van der Waals surface area contributed by atoms with Crippen molar-refractivity contribution in [2.24, 2.45) is 0 Å². The maximum atomic E-state index is 13.1. The van der Waals surface area contributed by atoms with Crippen LogP contribution in [-0.2, 0) is 4.79 Å². The first-order chi connectivity index (χ1) is 12.6. The smallest absolute Gasteiger partial charge is 0.241 e. The molecule has 0 saturated carbocycles. The third kappa shape index (κ3) is 3.50. The lowest BCUT2D eigenvalue weighted by atomic mass is 10.2. The molecule has 130 valence electrons. The van der Waals surface area contributed by atoms with Crippen LogP contribution in [-0.4, -0.2) is 11.7 Å². The molecule has 0 bridgehead atoms. The highest BCUT2D eigenvalue weighted by Gasteiger charge is 2.28. The summed E-state index contributed by atoms with van der Waals surface area (Å²) in [5.74, 6) is 0.417. The Morgan fingerprint density at radius 1 is 1.00 bits per heavy atom. The quantitative estimate of drug-likeness (QED) is 0.466. The summed E-state index contributed by atoms with van der Waals surface area (Å²) in [6, 6.07) is 21.9. The SMILES string of the molecule is Cc1ccc(SCC(=O)N2c3ccccc3Sc3ccc(Cl)cc32)cc1. The van der Waals surface area contributed by atoms with Gasteiger partial charge in [0.1, 0.15) is 0 Å². The molecule has 4 rings (SSSR count). The van der Waals surface area contributed by atoms with E-state index >= 15 is 0 Å². The van der Waals surface area contributed by atoms with Gasteiger partial charge in [0.15, 0.2) is 0 Å². The van der Waals surface area contributed by atoms with Crippen molar-refractivity contribution in [3.05, 3.63) is 77.3 Å². The number of carbonyl (C=O) groups is 1. The highest BCUT2D eigenvalue weighted by Crippen LogP contribution is 2.49. The highest BCUT2D eigenvalue weighted by atomic mass is 35.5. The number of hydrogen-bond donors (Lipinski definition) is 0. The molecule has 0 unspecified atom stereocenters. The van der Waals surface area contributed by atoms with E-state index in [4.69, 9.17) is 11.6 Å². The van der Waals surface area contributed by atoms with Crippen LogP contribution < -0.4 is 4.90 Å². The molecule has 3 aromatic rings. The minimum Gasteiger partial charge on any atom is -0.278 e. The molecule has 1 amide bonds. The van der Waals surface area contributed by atoms with Gasteiger partial charge in [0.25, 0.3) is 0 Å². The molecule has 0 fully saturated rings. The first-order valence-electron chi connectivity index (χ1n) is 8.21. The van der Waals surface area contributed by atoms with Gasteiger partial charge in [-0.2, -0.15) is 0 Å². The van der Waals surface area contributed by atoms with Crippen LogP contribution in [0.4, 0.5) is 11.4 Å². The Labute approximate surface area is 166 Å². The van der Waals surface area contributed by atoms with Gasteiger partial charge in [-0.05, 0) is 49.4 Å². The van der Waals surface area contributed by atoms with Gasteiger partial charge in [0, 0.05) is 19.7 Å². The van der Waals surface area contributed by atoms with Gasteiger partial charge in [-0.3, -0.25) is 9.69 Å². The maximum absolute atomic E-state index is 13.1. The number of thioether (sulfide) groups is 1. The second-order valence-electron chi connectivity index (χ2n) is 6.01. The largest absolute Gasteiger partial charge is 0.278 e. The van der Waals surface area contributed by atoms with Crippen LogP contribution in [0.15, 0.2) is 81.4 Å². The molecule has 1 aliphatic heterocycles. The standard InChI is InChI=1S/C21H16ClNOS2/c1-14-6-9-16(10-7-14)25-13-21(24)23-17-4-2-3-5-19(17)26-20-11-8-15(22)12-18(20)23/h2-12H,13H2,1H3. The Bertz CT molecular complexity index is 972. The van der Waals surface area contributed by atoms with Crippen molar-refractivity contribution in [3.8, 4) is 0 Å². The van der Waals surface area contributed by atoms with E-state index < -0.39 is 0 Å². The van der Waals surface area contributed by atoms with Crippen molar-refractivity contribution in [2.45, 2.75) is 21.6 Å². The van der Waals surface area contributed by atoms with Gasteiger partial charge >= 0.3 is 0 Å². The first kappa shape index (κ1) is 17.5. The van der Waals surface area contributed by atoms with E-state index in [-0.39, 0.29) is 5.91 Å². The Hall–Kier alpha value is -1.88. The lowest BCUT2D eigenvalue weighted by Crippen LogP contribution is -2.30. The summed E-state index contributed by atoms with van der Waals surface area (Å²) >= 11 is 9.43. The average Bonchev–Trinajstić information content (AvgIpc) is 2.65. The fourth-order valence-electron chi connectivity index (χ4n) is 2.84. The summed E-state index contributed by atoms with van der Waals surface area (Å²) in [6.07, 6.45) is 0. The van der Waals surface area contributed by atoms with Crippen molar-refractivity contribution in [1.29, 1.82) is 0 Å². The normalized spacial score (nSPS) is 12.5. The number of rotatable bonds is 3. The number of anilines is 2. The van der Waals surface area contributed by atoms with Crippen LogP contribution in [0, 0.1) is 6.92 Å². The molecule has 0 atom stereocenters. The highest BCUT2D eigenvalue weighted by molar-refractivity contribution is 8.00. The molecular formula is C21H16ClNOS2. The Balaban J connectivity index is 1.65. The van der Waals surface area contributed by atoms with Gasteiger partial charge < -0.3 is 0 Å². The second-order valence-corrected chi connectivity index (χ2v) is 8.58. The number of carbonyl (C=O) groups excluding carboxylic acids is 1. The summed E-state index contributed by atoms with van der Waals surface area (Å²) in [4.78, 5) is 18.1. The molecule has 26 heavy (non-hydrogen) atoms. The Kier molecular flexibility index (Phi) is 4.98. The molecule has 0 saturated heterocycles. The zero-order valence-electron chi connectivity index (χ0n) is 14.1. The van der Waals surface area contributed by atoms with E-state index in [2.05, 4.69) is 31.2 Å². The molecule has 3 aromatic carbocycles. The lowest BCUT2D eigenvalue weighted by Gasteiger charge is -2.31. The molecule has 2 nitrogen and oxygen atoms in total. The predicted octanol–water partition coefficient (Wildman–Crippen LogP) is 6.57. The number of fused-ring (bicyclic) bond motifs is 2. The van der Waals surface area contributed by atoms with Crippen molar-refractivity contribution >= 4 is 52.4 Å². The predicted molar refractivity (Wildman–Crippen MR) is 111 cm³/mol. The number of amides is 1. The molecule has 0 spiro atoms. The summed E-state index contributed by atoms with van der Waals surface area (Å²) < 4.78 is 0. The third-order valence-electron chi connectivity index (χ3n) is 4.12. The van der Waals surface area contributed by atoms with Gasteiger partial charge in [0.05, 0.1) is 17.1 Å². The van der Waals surface area contributed by atoms with Gasteiger partial charge in [-0.25, -0.2) is 0 Å². The first-order valence-corrected chi connectivity index (χ1v) is 10.4. The third-order valence-corrected chi connectivity index (χ3v) is 6.48. The van der Waals surface area contributed by atoms with Crippen LogP contribution in [0.1, 0.15) is 5.56 Å². The summed E-state index contributed by atoms with van der Waals surface area (Å²) in [5.41, 5.74) is 2.99. The molecule has 1 heterocycles. The number of benzene rings is 3. The minimum absolute atomic E-state index is 0.0480. The maximum Gasteiger partial charge on any atom is 0.241 e. The summed E-state index contributed by atoms with van der Waals surface area (Å²) in [6.45, 7) is 2.06. The number of aryl methyl sites for hydroxylation is 1. The van der Waals surface area contributed by atoms with Crippen LogP contribution >= 0.6 is 35.1 Å². The number of hydrogen-bond acceptors (Lipinski definition) is 3. The monoisotopic (exact) mass is 397 g/mol. The molecule has 0 radical (unpaired) electrons. The topological polar surface area (TPSA) is 20.3 Å². The molecule has 0 aromatic heterocycles. The Morgan fingerprint density at radius 3 is 2.54 bits per heavy atom.